The summed E-state index contributed by atoms with van der Waals surface area (Å²) in [5, 5.41) is 0. The molecule has 0 saturated heterocycles. The molecule has 1 atom stereocenters. The maximum absolute atomic E-state index is 2.55. The minimum absolute atomic E-state index is 0.205. The zero-order valence-corrected chi connectivity index (χ0v) is 17.4. The number of hydrogen-bond donors (Lipinski definition) is 0. The van der Waals surface area contributed by atoms with E-state index in [0.717, 1.165) is 0 Å². The third-order valence-corrected chi connectivity index (χ3v) is 7.57. The lowest BCUT2D eigenvalue weighted by Crippen LogP contribution is -2.41. The van der Waals surface area contributed by atoms with Crippen LogP contribution in [0.4, 0.5) is 0 Å². The van der Waals surface area contributed by atoms with Crippen molar-refractivity contribution in [2.75, 3.05) is 0 Å². The topological polar surface area (TPSA) is 0 Å². The standard InChI is InChI=1S/C26H36/c1-21-13-9-10-16-23(21)24(2,3)19-20-26(5,22-14-7-6-8-15-22)25(4)17-11-12-18-25/h6-10,13-16H,11-12,17-20H2,1-5H3/t26-/m1/s1. The number of hydrogen-bond acceptors (Lipinski definition) is 0. The van der Waals surface area contributed by atoms with Gasteiger partial charge >= 0.3 is 0 Å². The second kappa shape index (κ2) is 7.22. The van der Waals surface area contributed by atoms with E-state index in [9.17, 15) is 0 Å². The smallest absolute Gasteiger partial charge is 0.00212 e. The van der Waals surface area contributed by atoms with Crippen LogP contribution in [0, 0.1) is 12.3 Å². The molecule has 1 saturated carbocycles. The molecule has 0 unspecified atom stereocenters. The molecule has 0 N–H and O–H groups in total. The van der Waals surface area contributed by atoms with Crippen LogP contribution in [0.1, 0.15) is 82.9 Å². The Labute approximate surface area is 161 Å². The van der Waals surface area contributed by atoms with Gasteiger partial charge in [0.05, 0.1) is 0 Å². The second-order valence-corrected chi connectivity index (χ2v) is 9.66. The molecule has 0 bridgehead atoms. The van der Waals surface area contributed by atoms with Crippen LogP contribution in [-0.2, 0) is 10.8 Å². The van der Waals surface area contributed by atoms with E-state index >= 15 is 0 Å². The molecule has 0 spiro atoms. The van der Waals surface area contributed by atoms with Crippen molar-refractivity contribution in [1.82, 2.24) is 0 Å². The number of aryl methyl sites for hydroxylation is 1. The highest BCUT2D eigenvalue weighted by molar-refractivity contribution is 5.33. The van der Waals surface area contributed by atoms with Gasteiger partial charge in [-0.1, -0.05) is 95.1 Å². The molecule has 0 aliphatic heterocycles. The van der Waals surface area contributed by atoms with Gasteiger partial charge in [0.2, 0.25) is 0 Å². The largest absolute Gasteiger partial charge is 0.0622 e. The maximum atomic E-state index is 2.55. The molecule has 1 aliphatic carbocycles. The lowest BCUT2D eigenvalue weighted by atomic mass is 9.57. The van der Waals surface area contributed by atoms with Gasteiger partial charge in [-0.25, -0.2) is 0 Å². The Bertz CT molecular complexity index is 719. The summed E-state index contributed by atoms with van der Waals surface area (Å²) in [6.07, 6.45) is 7.97. The third-order valence-electron chi connectivity index (χ3n) is 7.57. The van der Waals surface area contributed by atoms with Crippen molar-refractivity contribution in [3.8, 4) is 0 Å². The molecule has 2 aromatic rings. The third kappa shape index (κ3) is 3.48. The molecule has 0 nitrogen and oxygen atoms in total. The molecule has 0 aromatic heterocycles. The summed E-state index contributed by atoms with van der Waals surface area (Å²) in [5.74, 6) is 0. The highest BCUT2D eigenvalue weighted by Gasteiger charge is 2.47. The molecule has 1 fully saturated rings. The minimum Gasteiger partial charge on any atom is -0.0622 e. The number of rotatable bonds is 6. The van der Waals surface area contributed by atoms with Gasteiger partial charge in [0.1, 0.15) is 0 Å². The van der Waals surface area contributed by atoms with E-state index in [2.05, 4.69) is 89.2 Å². The van der Waals surface area contributed by atoms with E-state index < -0.39 is 0 Å². The fourth-order valence-electron chi connectivity index (χ4n) is 5.34. The molecule has 3 rings (SSSR count). The van der Waals surface area contributed by atoms with Crippen molar-refractivity contribution < 1.29 is 0 Å². The molecular formula is C26H36. The molecule has 1 aliphatic rings. The molecule has 140 valence electrons. The summed E-state index contributed by atoms with van der Waals surface area (Å²) < 4.78 is 0. The summed E-state index contributed by atoms with van der Waals surface area (Å²) in [5.41, 5.74) is 5.32. The van der Waals surface area contributed by atoms with E-state index in [1.54, 1.807) is 0 Å². The average Bonchev–Trinajstić information content (AvgIpc) is 3.09. The van der Waals surface area contributed by atoms with Crippen molar-refractivity contribution in [2.45, 2.75) is 84.0 Å². The normalized spacial score (nSPS) is 19.3. The zero-order chi connectivity index (χ0) is 18.8. The summed E-state index contributed by atoms with van der Waals surface area (Å²) in [4.78, 5) is 0. The van der Waals surface area contributed by atoms with Gasteiger partial charge in [-0.05, 0) is 65.5 Å². The Morgan fingerprint density at radius 1 is 0.808 bits per heavy atom. The van der Waals surface area contributed by atoms with Gasteiger partial charge in [0, 0.05) is 0 Å². The number of benzene rings is 2. The summed E-state index contributed by atoms with van der Waals surface area (Å²) in [6, 6.07) is 20.3. The lowest BCUT2D eigenvalue weighted by Gasteiger charge is -2.47. The van der Waals surface area contributed by atoms with E-state index in [0.29, 0.717) is 5.41 Å². The molecular weight excluding hydrogens is 312 g/mol. The van der Waals surface area contributed by atoms with Crippen molar-refractivity contribution in [2.24, 2.45) is 5.41 Å². The summed E-state index contributed by atoms with van der Waals surface area (Å²) in [7, 11) is 0. The van der Waals surface area contributed by atoms with Crippen LogP contribution in [0.15, 0.2) is 54.6 Å². The summed E-state index contributed by atoms with van der Waals surface area (Å²) in [6.45, 7) is 12.2. The quantitative estimate of drug-likeness (QED) is 0.504. The van der Waals surface area contributed by atoms with Crippen LogP contribution in [0.5, 0.6) is 0 Å². The molecule has 2 aromatic carbocycles. The first-order valence-corrected chi connectivity index (χ1v) is 10.4. The van der Waals surface area contributed by atoms with Crippen LogP contribution >= 0.6 is 0 Å². The van der Waals surface area contributed by atoms with Gasteiger partial charge < -0.3 is 0 Å². The first-order valence-electron chi connectivity index (χ1n) is 10.4. The SMILES string of the molecule is Cc1ccccc1C(C)(C)CC[C@](C)(c1ccccc1)C1(C)CCCC1. The van der Waals surface area contributed by atoms with E-state index in [1.165, 1.54) is 55.2 Å². The van der Waals surface area contributed by atoms with Crippen LogP contribution < -0.4 is 0 Å². The van der Waals surface area contributed by atoms with Gasteiger partial charge in [-0.2, -0.15) is 0 Å². The van der Waals surface area contributed by atoms with Crippen molar-refractivity contribution >= 4 is 0 Å². The lowest BCUT2D eigenvalue weighted by molar-refractivity contribution is 0.137. The van der Waals surface area contributed by atoms with Crippen LogP contribution in [0.2, 0.25) is 0 Å². The fourth-order valence-corrected chi connectivity index (χ4v) is 5.34. The fraction of sp³-hybridized carbons (Fsp3) is 0.538. The minimum atomic E-state index is 0.205. The predicted molar refractivity (Wildman–Crippen MR) is 114 cm³/mol. The average molecular weight is 349 g/mol. The Balaban J connectivity index is 1.91. The van der Waals surface area contributed by atoms with Crippen molar-refractivity contribution in [1.29, 1.82) is 0 Å². The Hall–Kier alpha value is -1.56. The maximum Gasteiger partial charge on any atom is -0.00212 e. The van der Waals surface area contributed by atoms with Gasteiger partial charge in [-0.3, -0.25) is 0 Å². The van der Waals surface area contributed by atoms with Crippen LogP contribution in [0.3, 0.4) is 0 Å². The molecule has 26 heavy (non-hydrogen) atoms. The highest BCUT2D eigenvalue weighted by atomic mass is 14.5. The highest BCUT2D eigenvalue weighted by Crippen LogP contribution is 2.55. The molecule has 0 radical (unpaired) electrons. The molecule has 0 heteroatoms. The van der Waals surface area contributed by atoms with Gasteiger partial charge in [0.25, 0.3) is 0 Å². The van der Waals surface area contributed by atoms with Crippen LogP contribution in [-0.4, -0.2) is 0 Å². The van der Waals surface area contributed by atoms with E-state index in [-0.39, 0.29) is 10.8 Å². The first kappa shape index (κ1) is 19.2. The summed E-state index contributed by atoms with van der Waals surface area (Å²) >= 11 is 0. The Morgan fingerprint density at radius 3 is 2.00 bits per heavy atom. The van der Waals surface area contributed by atoms with E-state index in [4.69, 9.17) is 0 Å². The van der Waals surface area contributed by atoms with Gasteiger partial charge in [0.15, 0.2) is 0 Å². The second-order valence-electron chi connectivity index (χ2n) is 9.66. The predicted octanol–water partition coefficient (Wildman–Crippen LogP) is 7.59. The van der Waals surface area contributed by atoms with Crippen molar-refractivity contribution in [3.63, 3.8) is 0 Å². The van der Waals surface area contributed by atoms with Gasteiger partial charge in [-0.15, -0.1) is 0 Å². The Kier molecular flexibility index (Phi) is 5.33. The molecule has 0 amide bonds. The molecule has 0 heterocycles. The monoisotopic (exact) mass is 348 g/mol. The van der Waals surface area contributed by atoms with E-state index in [1.807, 2.05) is 0 Å². The first-order chi connectivity index (χ1) is 12.3. The zero-order valence-electron chi connectivity index (χ0n) is 17.4. The van der Waals surface area contributed by atoms with Crippen molar-refractivity contribution in [3.05, 3.63) is 71.3 Å². The Morgan fingerprint density at radius 2 is 1.38 bits per heavy atom. The van der Waals surface area contributed by atoms with Crippen LogP contribution in [0.25, 0.3) is 0 Å².